The molecule has 1 aromatic heterocycles. The van der Waals surface area contributed by atoms with E-state index in [2.05, 4.69) is 4.57 Å². The maximum Gasteiger partial charge on any atom is 0.254 e. The summed E-state index contributed by atoms with van der Waals surface area (Å²) in [4.78, 5) is 30.1. The summed E-state index contributed by atoms with van der Waals surface area (Å²) in [6, 6.07) is 17.3. The van der Waals surface area contributed by atoms with E-state index in [1.165, 1.54) is 6.07 Å². The third kappa shape index (κ3) is 4.17. The molecule has 0 fully saturated rings. The average Bonchev–Trinajstić information content (AvgIpc) is 3.27. The van der Waals surface area contributed by atoms with Gasteiger partial charge in [0.05, 0.1) is 0 Å². The van der Waals surface area contributed by atoms with E-state index >= 15 is 0 Å². The van der Waals surface area contributed by atoms with Crippen LogP contribution < -0.4 is 0 Å². The third-order valence-corrected chi connectivity index (χ3v) is 6.04. The van der Waals surface area contributed by atoms with Gasteiger partial charge in [-0.15, -0.1) is 0 Å². The standard InChI is InChI=1S/C26H28FN3O2/c1-3-14-29(26(32)20-10-5-4-9-19(20)2)18-24(31)30-17-16-28-15-8-13-23(28)25(30)21-11-6-7-12-22(21)27/h4-13,15,25H,3,14,16-18H2,1-2H3. The lowest BCUT2D eigenvalue weighted by Crippen LogP contribution is -2.48. The van der Waals surface area contributed by atoms with Gasteiger partial charge in [0.25, 0.3) is 5.91 Å². The van der Waals surface area contributed by atoms with E-state index in [0.29, 0.717) is 30.8 Å². The van der Waals surface area contributed by atoms with Gasteiger partial charge in [0, 0.05) is 42.7 Å². The first-order valence-electron chi connectivity index (χ1n) is 11.0. The molecule has 1 unspecified atom stereocenters. The Bertz CT molecular complexity index is 1120. The molecule has 0 saturated carbocycles. The van der Waals surface area contributed by atoms with Crippen LogP contribution in [-0.4, -0.2) is 45.8 Å². The van der Waals surface area contributed by atoms with E-state index in [1.54, 1.807) is 34.1 Å². The van der Waals surface area contributed by atoms with Gasteiger partial charge >= 0.3 is 0 Å². The number of amides is 2. The highest BCUT2D eigenvalue weighted by Gasteiger charge is 2.34. The van der Waals surface area contributed by atoms with Gasteiger partial charge in [-0.2, -0.15) is 0 Å². The summed E-state index contributed by atoms with van der Waals surface area (Å²) in [7, 11) is 0. The van der Waals surface area contributed by atoms with Crippen LogP contribution in [0.5, 0.6) is 0 Å². The Balaban J connectivity index is 1.64. The number of hydrogen-bond donors (Lipinski definition) is 0. The molecule has 5 nitrogen and oxygen atoms in total. The van der Waals surface area contributed by atoms with Crippen molar-refractivity contribution in [2.45, 2.75) is 32.9 Å². The van der Waals surface area contributed by atoms with Crippen LogP contribution in [0.4, 0.5) is 4.39 Å². The number of fused-ring (bicyclic) bond motifs is 1. The summed E-state index contributed by atoms with van der Waals surface area (Å²) < 4.78 is 16.8. The Morgan fingerprint density at radius 1 is 1.03 bits per heavy atom. The number of hydrogen-bond acceptors (Lipinski definition) is 2. The third-order valence-electron chi connectivity index (χ3n) is 6.04. The van der Waals surface area contributed by atoms with Crippen LogP contribution in [0.15, 0.2) is 66.9 Å². The molecule has 3 aromatic rings. The van der Waals surface area contributed by atoms with E-state index in [-0.39, 0.29) is 24.2 Å². The number of aromatic nitrogens is 1. The molecule has 0 radical (unpaired) electrons. The largest absolute Gasteiger partial charge is 0.348 e. The number of carbonyl (C=O) groups excluding carboxylic acids is 2. The summed E-state index contributed by atoms with van der Waals surface area (Å²) >= 11 is 0. The Hall–Kier alpha value is -3.41. The molecular weight excluding hydrogens is 405 g/mol. The SMILES string of the molecule is CCCN(CC(=O)N1CCn2cccc2C1c1ccccc1F)C(=O)c1ccccc1C. The minimum Gasteiger partial charge on any atom is -0.348 e. The molecule has 2 heterocycles. The minimum absolute atomic E-state index is 0.0351. The molecule has 0 saturated heterocycles. The van der Waals surface area contributed by atoms with Crippen molar-refractivity contribution in [3.63, 3.8) is 0 Å². The normalized spacial score (nSPS) is 15.3. The van der Waals surface area contributed by atoms with E-state index < -0.39 is 6.04 Å². The first-order valence-corrected chi connectivity index (χ1v) is 11.0. The van der Waals surface area contributed by atoms with Crippen molar-refractivity contribution in [2.24, 2.45) is 0 Å². The van der Waals surface area contributed by atoms with Gasteiger partial charge in [-0.05, 0) is 43.2 Å². The number of halogens is 1. The predicted octanol–water partition coefficient (Wildman–Crippen LogP) is 4.42. The van der Waals surface area contributed by atoms with Crippen molar-refractivity contribution in [1.82, 2.24) is 14.4 Å². The zero-order valence-corrected chi connectivity index (χ0v) is 18.5. The zero-order chi connectivity index (χ0) is 22.7. The van der Waals surface area contributed by atoms with Gasteiger partial charge in [0.15, 0.2) is 0 Å². The number of aryl methyl sites for hydroxylation is 1. The number of rotatable bonds is 6. The maximum atomic E-state index is 14.8. The molecule has 2 amide bonds. The molecule has 4 rings (SSSR count). The van der Waals surface area contributed by atoms with Gasteiger partial charge in [-0.3, -0.25) is 9.59 Å². The van der Waals surface area contributed by atoms with Crippen LogP contribution in [0, 0.1) is 12.7 Å². The van der Waals surface area contributed by atoms with Gasteiger partial charge < -0.3 is 14.4 Å². The highest BCUT2D eigenvalue weighted by Crippen LogP contribution is 2.34. The second-order valence-corrected chi connectivity index (χ2v) is 8.18. The van der Waals surface area contributed by atoms with E-state index in [0.717, 1.165) is 17.7 Å². The smallest absolute Gasteiger partial charge is 0.254 e. The first kappa shape index (κ1) is 21.8. The van der Waals surface area contributed by atoms with Gasteiger partial charge in [-0.25, -0.2) is 4.39 Å². The van der Waals surface area contributed by atoms with Gasteiger partial charge in [0.2, 0.25) is 5.91 Å². The van der Waals surface area contributed by atoms with Gasteiger partial charge in [-0.1, -0.05) is 43.3 Å². The lowest BCUT2D eigenvalue weighted by atomic mass is 9.99. The average molecular weight is 434 g/mol. The summed E-state index contributed by atoms with van der Waals surface area (Å²) in [6.07, 6.45) is 2.70. The molecule has 0 bridgehead atoms. The molecule has 1 aliphatic heterocycles. The maximum absolute atomic E-state index is 14.8. The molecule has 0 N–H and O–H groups in total. The Morgan fingerprint density at radius 3 is 2.53 bits per heavy atom. The zero-order valence-electron chi connectivity index (χ0n) is 18.5. The van der Waals surface area contributed by atoms with E-state index in [4.69, 9.17) is 0 Å². The van der Waals surface area contributed by atoms with E-state index in [1.807, 2.05) is 50.4 Å². The van der Waals surface area contributed by atoms with Crippen LogP contribution in [0.1, 0.15) is 46.6 Å². The fourth-order valence-electron chi connectivity index (χ4n) is 4.44. The minimum atomic E-state index is -0.524. The van der Waals surface area contributed by atoms with E-state index in [9.17, 15) is 14.0 Å². The van der Waals surface area contributed by atoms with Crippen LogP contribution in [0.3, 0.4) is 0 Å². The Morgan fingerprint density at radius 2 is 1.78 bits per heavy atom. The van der Waals surface area contributed by atoms with Crippen molar-refractivity contribution < 1.29 is 14.0 Å². The summed E-state index contributed by atoms with van der Waals surface area (Å²) in [5.41, 5.74) is 2.83. The second kappa shape index (κ2) is 9.39. The van der Waals surface area contributed by atoms with Crippen molar-refractivity contribution in [1.29, 1.82) is 0 Å². The number of carbonyl (C=O) groups is 2. The summed E-state index contributed by atoms with van der Waals surface area (Å²) in [5.74, 6) is -0.673. The number of nitrogens with zero attached hydrogens (tertiary/aromatic N) is 3. The molecule has 1 atom stereocenters. The molecule has 166 valence electrons. The molecular formula is C26H28FN3O2. The Kier molecular flexibility index (Phi) is 6.40. The highest BCUT2D eigenvalue weighted by molar-refractivity contribution is 5.97. The lowest BCUT2D eigenvalue weighted by Gasteiger charge is -2.38. The van der Waals surface area contributed by atoms with Crippen LogP contribution in [-0.2, 0) is 11.3 Å². The topological polar surface area (TPSA) is 45.6 Å². The molecule has 0 spiro atoms. The monoisotopic (exact) mass is 433 g/mol. The van der Waals surface area contributed by atoms with Crippen LogP contribution in [0.2, 0.25) is 0 Å². The summed E-state index contributed by atoms with van der Waals surface area (Å²) in [6.45, 7) is 5.42. The molecule has 1 aliphatic rings. The fourth-order valence-corrected chi connectivity index (χ4v) is 4.44. The molecule has 0 aliphatic carbocycles. The quantitative estimate of drug-likeness (QED) is 0.578. The fraction of sp³-hybridized carbons (Fsp3) is 0.308. The lowest BCUT2D eigenvalue weighted by molar-refractivity contribution is -0.134. The van der Waals surface area contributed by atoms with Crippen molar-refractivity contribution in [3.05, 3.63) is 95.1 Å². The van der Waals surface area contributed by atoms with Crippen molar-refractivity contribution in [2.75, 3.05) is 19.6 Å². The number of benzene rings is 2. The van der Waals surface area contributed by atoms with Crippen LogP contribution >= 0.6 is 0 Å². The van der Waals surface area contributed by atoms with Gasteiger partial charge in [0.1, 0.15) is 18.4 Å². The van der Waals surface area contributed by atoms with Crippen molar-refractivity contribution in [3.8, 4) is 0 Å². The Labute approximate surface area is 188 Å². The molecule has 6 heteroatoms. The van der Waals surface area contributed by atoms with Crippen LogP contribution in [0.25, 0.3) is 0 Å². The summed E-state index contributed by atoms with van der Waals surface area (Å²) in [5, 5.41) is 0. The molecule has 2 aromatic carbocycles. The molecule has 32 heavy (non-hydrogen) atoms. The van der Waals surface area contributed by atoms with Crippen molar-refractivity contribution >= 4 is 11.8 Å². The second-order valence-electron chi connectivity index (χ2n) is 8.18. The first-order chi connectivity index (χ1) is 15.5. The highest BCUT2D eigenvalue weighted by atomic mass is 19.1. The predicted molar refractivity (Wildman–Crippen MR) is 122 cm³/mol.